The van der Waals surface area contributed by atoms with Gasteiger partial charge in [0, 0.05) is 25.2 Å². The molecule has 0 atom stereocenters. The third-order valence-electron chi connectivity index (χ3n) is 5.61. The molecular weight excluding hydrogens is 246 g/mol. The Bertz CT molecular complexity index is 480. The Labute approximate surface area is 122 Å². The predicted molar refractivity (Wildman–Crippen MR) is 83.2 cm³/mol. The molecule has 0 unspecified atom stereocenters. The van der Waals surface area contributed by atoms with E-state index < -0.39 is 0 Å². The van der Waals surface area contributed by atoms with Crippen molar-refractivity contribution in [3.63, 3.8) is 0 Å². The second-order valence-electron chi connectivity index (χ2n) is 7.08. The van der Waals surface area contributed by atoms with E-state index in [0.717, 1.165) is 19.8 Å². The minimum atomic E-state index is 0.352. The molecule has 1 saturated heterocycles. The van der Waals surface area contributed by atoms with Crippen LogP contribution in [0, 0.1) is 19.3 Å². The summed E-state index contributed by atoms with van der Waals surface area (Å²) in [5.41, 5.74) is 5.27. The first kappa shape index (κ1) is 14.1. The van der Waals surface area contributed by atoms with E-state index >= 15 is 0 Å². The number of hydrogen-bond acceptors (Lipinski definition) is 2. The highest BCUT2D eigenvalue weighted by atomic mass is 16.5. The first-order chi connectivity index (χ1) is 9.59. The molecule has 0 aromatic heterocycles. The first-order valence-electron chi connectivity index (χ1n) is 7.89. The fourth-order valence-corrected chi connectivity index (χ4v) is 4.38. The second kappa shape index (κ2) is 5.16. The van der Waals surface area contributed by atoms with E-state index in [4.69, 9.17) is 4.74 Å². The van der Waals surface area contributed by atoms with Crippen molar-refractivity contribution < 1.29 is 4.74 Å². The molecule has 2 heteroatoms. The van der Waals surface area contributed by atoms with Gasteiger partial charge in [-0.2, -0.15) is 0 Å². The summed E-state index contributed by atoms with van der Waals surface area (Å²) in [6.07, 6.45) is 5.16. The first-order valence-corrected chi connectivity index (χ1v) is 7.89. The maximum absolute atomic E-state index is 5.55. The Morgan fingerprint density at radius 2 is 1.80 bits per heavy atom. The average Bonchev–Trinajstić information content (AvgIpc) is 2.41. The van der Waals surface area contributed by atoms with Gasteiger partial charge in [-0.25, -0.2) is 0 Å². The molecule has 0 amide bonds. The lowest BCUT2D eigenvalue weighted by molar-refractivity contribution is -0.0732. The number of ether oxygens (including phenoxy) is 1. The summed E-state index contributed by atoms with van der Waals surface area (Å²) in [5, 5.41) is 3.43. The molecule has 1 aromatic carbocycles. The lowest BCUT2D eigenvalue weighted by Gasteiger charge is -2.58. The van der Waals surface area contributed by atoms with Gasteiger partial charge in [0.25, 0.3) is 0 Å². The maximum Gasteiger partial charge on any atom is 0.0471 e. The van der Waals surface area contributed by atoms with Crippen LogP contribution in [0.5, 0.6) is 0 Å². The SMILES string of the molecule is CNCC1(c2ccc(C)c(C)c2)CC2(CCOCC2)C1. The molecule has 1 aliphatic heterocycles. The van der Waals surface area contributed by atoms with Crippen molar-refractivity contribution in [3.8, 4) is 0 Å². The van der Waals surface area contributed by atoms with E-state index in [1.807, 2.05) is 0 Å². The third-order valence-corrected chi connectivity index (χ3v) is 5.61. The molecule has 20 heavy (non-hydrogen) atoms. The van der Waals surface area contributed by atoms with Crippen LogP contribution >= 0.6 is 0 Å². The van der Waals surface area contributed by atoms with Crippen LogP contribution in [0.4, 0.5) is 0 Å². The van der Waals surface area contributed by atoms with Crippen molar-refractivity contribution in [2.24, 2.45) is 5.41 Å². The summed E-state index contributed by atoms with van der Waals surface area (Å²) >= 11 is 0. The molecule has 1 spiro atoms. The third kappa shape index (κ3) is 2.29. The molecule has 1 heterocycles. The van der Waals surface area contributed by atoms with Crippen molar-refractivity contribution in [1.82, 2.24) is 5.32 Å². The van der Waals surface area contributed by atoms with Crippen molar-refractivity contribution in [1.29, 1.82) is 0 Å². The summed E-state index contributed by atoms with van der Waals surface area (Å²) in [7, 11) is 2.08. The number of nitrogens with one attached hydrogen (secondary N) is 1. The second-order valence-corrected chi connectivity index (χ2v) is 7.08. The molecule has 1 saturated carbocycles. The molecule has 0 bridgehead atoms. The summed E-state index contributed by atoms with van der Waals surface area (Å²) < 4.78 is 5.55. The molecular formula is C18H27NO. The van der Waals surface area contributed by atoms with Crippen LogP contribution in [0.15, 0.2) is 18.2 Å². The van der Waals surface area contributed by atoms with Gasteiger partial charge in [-0.15, -0.1) is 0 Å². The van der Waals surface area contributed by atoms with Crippen LogP contribution in [-0.2, 0) is 10.2 Å². The van der Waals surface area contributed by atoms with Crippen LogP contribution in [0.3, 0.4) is 0 Å². The summed E-state index contributed by atoms with van der Waals surface area (Å²) in [6, 6.07) is 7.06. The van der Waals surface area contributed by atoms with Crippen LogP contribution in [0.2, 0.25) is 0 Å². The fourth-order valence-electron chi connectivity index (χ4n) is 4.38. The monoisotopic (exact) mass is 273 g/mol. The van der Waals surface area contributed by atoms with Crippen molar-refractivity contribution >= 4 is 0 Å². The molecule has 110 valence electrons. The molecule has 1 N–H and O–H groups in total. The number of hydrogen-bond donors (Lipinski definition) is 1. The Hall–Kier alpha value is -0.860. The number of likely N-dealkylation sites (N-methyl/N-ethyl adjacent to an activating group) is 1. The van der Waals surface area contributed by atoms with Crippen LogP contribution in [0.25, 0.3) is 0 Å². The normalized spacial score (nSPS) is 23.6. The van der Waals surface area contributed by atoms with Gasteiger partial charge in [-0.05, 0) is 68.7 Å². The van der Waals surface area contributed by atoms with Gasteiger partial charge in [-0.1, -0.05) is 18.2 Å². The van der Waals surface area contributed by atoms with Gasteiger partial charge in [0.05, 0.1) is 0 Å². The van der Waals surface area contributed by atoms with Crippen molar-refractivity contribution in [2.75, 3.05) is 26.8 Å². The van der Waals surface area contributed by atoms with Crippen molar-refractivity contribution in [2.45, 2.75) is 44.9 Å². The van der Waals surface area contributed by atoms with Crippen molar-refractivity contribution in [3.05, 3.63) is 34.9 Å². The predicted octanol–water partition coefficient (Wildman–Crippen LogP) is 3.35. The van der Waals surface area contributed by atoms with E-state index in [-0.39, 0.29) is 0 Å². The highest BCUT2D eigenvalue weighted by Gasteiger charge is 2.54. The summed E-state index contributed by atoms with van der Waals surface area (Å²) in [5.74, 6) is 0. The lowest BCUT2D eigenvalue weighted by atomic mass is 9.48. The molecule has 2 nitrogen and oxygen atoms in total. The highest BCUT2D eigenvalue weighted by molar-refractivity contribution is 5.38. The van der Waals surface area contributed by atoms with E-state index in [1.165, 1.54) is 42.4 Å². The van der Waals surface area contributed by atoms with E-state index in [2.05, 4.69) is 44.4 Å². The molecule has 2 fully saturated rings. The lowest BCUT2D eigenvalue weighted by Crippen LogP contribution is -2.56. The van der Waals surface area contributed by atoms with E-state index in [9.17, 15) is 0 Å². The van der Waals surface area contributed by atoms with E-state index in [1.54, 1.807) is 0 Å². The average molecular weight is 273 g/mol. The van der Waals surface area contributed by atoms with E-state index in [0.29, 0.717) is 10.8 Å². The van der Waals surface area contributed by atoms with Crippen LogP contribution in [0.1, 0.15) is 42.4 Å². The Kier molecular flexibility index (Phi) is 3.64. The largest absolute Gasteiger partial charge is 0.381 e. The van der Waals surface area contributed by atoms with Gasteiger partial charge in [0.15, 0.2) is 0 Å². The summed E-state index contributed by atoms with van der Waals surface area (Å²) in [4.78, 5) is 0. The number of benzene rings is 1. The topological polar surface area (TPSA) is 21.3 Å². The fraction of sp³-hybridized carbons (Fsp3) is 0.667. The Balaban J connectivity index is 1.84. The Morgan fingerprint density at radius 3 is 2.40 bits per heavy atom. The zero-order valence-electron chi connectivity index (χ0n) is 13.1. The van der Waals surface area contributed by atoms with Gasteiger partial charge in [-0.3, -0.25) is 0 Å². The van der Waals surface area contributed by atoms with Crippen LogP contribution < -0.4 is 5.32 Å². The van der Waals surface area contributed by atoms with Gasteiger partial charge >= 0.3 is 0 Å². The molecule has 3 rings (SSSR count). The maximum atomic E-state index is 5.55. The number of rotatable bonds is 3. The standard InChI is InChI=1S/C18H27NO/c1-14-4-5-16(10-15(14)2)18(13-19-3)11-17(12-18)6-8-20-9-7-17/h4-5,10,19H,6-9,11-13H2,1-3H3. The quantitative estimate of drug-likeness (QED) is 0.912. The molecule has 2 aliphatic rings. The van der Waals surface area contributed by atoms with Gasteiger partial charge in [0.1, 0.15) is 0 Å². The molecule has 1 aliphatic carbocycles. The zero-order chi connectivity index (χ0) is 14.2. The zero-order valence-corrected chi connectivity index (χ0v) is 13.1. The summed E-state index contributed by atoms with van der Waals surface area (Å²) in [6.45, 7) is 7.45. The smallest absolute Gasteiger partial charge is 0.0471 e. The number of aryl methyl sites for hydroxylation is 2. The molecule has 0 radical (unpaired) electrons. The minimum Gasteiger partial charge on any atom is -0.381 e. The molecule has 1 aromatic rings. The van der Waals surface area contributed by atoms with Gasteiger partial charge in [0.2, 0.25) is 0 Å². The Morgan fingerprint density at radius 1 is 1.10 bits per heavy atom. The highest BCUT2D eigenvalue weighted by Crippen LogP contribution is 2.60. The van der Waals surface area contributed by atoms with Crippen LogP contribution in [-0.4, -0.2) is 26.8 Å². The minimum absolute atomic E-state index is 0.352. The van der Waals surface area contributed by atoms with Gasteiger partial charge < -0.3 is 10.1 Å².